The topological polar surface area (TPSA) is 49.4 Å². The first-order valence-corrected chi connectivity index (χ1v) is 6.42. The molecule has 0 radical (unpaired) electrons. The van der Waals surface area contributed by atoms with Gasteiger partial charge >= 0.3 is 29.6 Å². The van der Waals surface area contributed by atoms with Crippen molar-refractivity contribution in [2.75, 3.05) is 0 Å². The fourth-order valence-corrected chi connectivity index (χ4v) is 3.16. The van der Waals surface area contributed by atoms with Gasteiger partial charge in [-0.2, -0.15) is 0 Å². The number of hydrogen-bond donors (Lipinski definition) is 0. The summed E-state index contributed by atoms with van der Waals surface area (Å²) in [6.07, 6.45) is 0. The van der Waals surface area contributed by atoms with Crippen LogP contribution in [0.1, 0.15) is 0 Å². The van der Waals surface area contributed by atoms with E-state index in [1.54, 1.807) is 30.3 Å². The molecule has 0 spiro atoms. The first-order valence-electron chi connectivity index (χ1n) is 4.88. The molecule has 0 amide bonds. The Morgan fingerprint density at radius 2 is 1.53 bits per heavy atom. The van der Waals surface area contributed by atoms with E-state index in [-0.39, 0.29) is 34.9 Å². The molecule has 80 valence electrons. The molecule has 0 bridgehead atoms. The molecule has 0 saturated heterocycles. The molecule has 1 unspecified atom stereocenters. The van der Waals surface area contributed by atoms with E-state index in [1.807, 2.05) is 18.2 Å². The normalized spacial score (nSPS) is 20.5. The molecule has 3 rings (SSSR count). The van der Waals surface area contributed by atoms with Crippen LogP contribution >= 0.6 is 7.60 Å². The van der Waals surface area contributed by atoms with Gasteiger partial charge in [0.2, 0.25) is 7.60 Å². The first kappa shape index (κ1) is 12.9. The van der Waals surface area contributed by atoms with Gasteiger partial charge in [0.25, 0.3) is 0 Å². The van der Waals surface area contributed by atoms with Crippen LogP contribution in [-0.4, -0.2) is 0 Å². The van der Waals surface area contributed by atoms with E-state index >= 15 is 0 Å². The van der Waals surface area contributed by atoms with Crippen molar-refractivity contribution in [1.29, 1.82) is 0 Å². The van der Waals surface area contributed by atoms with Crippen molar-refractivity contribution >= 4 is 12.9 Å². The maximum Gasteiger partial charge on any atom is 1.00 e. The fraction of sp³-hybridized carbons (Fsp3) is 0. The minimum absolute atomic E-state index is 0. The summed E-state index contributed by atoms with van der Waals surface area (Å²) < 4.78 is 16.9. The SMILES string of the molecule is O=P1([O-])Oc2ccccc2-c2ccccc21.[Na+]. The molecule has 1 aliphatic rings. The molecule has 1 heterocycles. The van der Waals surface area contributed by atoms with Gasteiger partial charge in [-0.15, -0.1) is 0 Å². The monoisotopic (exact) mass is 254 g/mol. The molecule has 0 saturated carbocycles. The van der Waals surface area contributed by atoms with Crippen LogP contribution in [0.5, 0.6) is 5.75 Å². The zero-order chi connectivity index (χ0) is 11.2. The fourth-order valence-electron chi connectivity index (χ4n) is 1.89. The maximum atomic E-state index is 11.8. The van der Waals surface area contributed by atoms with Crippen molar-refractivity contribution in [2.24, 2.45) is 0 Å². The summed E-state index contributed by atoms with van der Waals surface area (Å²) in [6.45, 7) is 0. The van der Waals surface area contributed by atoms with Crippen molar-refractivity contribution < 1.29 is 43.5 Å². The van der Waals surface area contributed by atoms with Gasteiger partial charge in [-0.1, -0.05) is 36.4 Å². The average molecular weight is 254 g/mol. The Labute approximate surface area is 121 Å². The van der Waals surface area contributed by atoms with Crippen molar-refractivity contribution in [3.05, 3.63) is 48.5 Å². The van der Waals surface area contributed by atoms with Crippen LogP contribution in [0.3, 0.4) is 0 Å². The summed E-state index contributed by atoms with van der Waals surface area (Å²) in [5.41, 5.74) is 1.53. The molecule has 2 aromatic rings. The van der Waals surface area contributed by atoms with Gasteiger partial charge in [0, 0.05) is 10.9 Å². The Hall–Kier alpha value is -0.570. The molecular formula is C12H8NaO3P. The zero-order valence-electron chi connectivity index (χ0n) is 9.29. The van der Waals surface area contributed by atoms with Crippen LogP contribution < -0.4 is 44.3 Å². The molecule has 0 N–H and O–H groups in total. The predicted octanol–water partition coefficient (Wildman–Crippen LogP) is -1.07. The van der Waals surface area contributed by atoms with Gasteiger partial charge in [0.1, 0.15) is 5.75 Å². The summed E-state index contributed by atoms with van der Waals surface area (Å²) in [7, 11) is -3.96. The number of hydrogen-bond acceptors (Lipinski definition) is 3. The Bertz CT molecular complexity index is 612. The van der Waals surface area contributed by atoms with Crippen molar-refractivity contribution in [3.63, 3.8) is 0 Å². The van der Waals surface area contributed by atoms with Crippen molar-refractivity contribution in [2.45, 2.75) is 0 Å². The molecule has 0 fully saturated rings. The summed E-state index contributed by atoms with van der Waals surface area (Å²) in [6, 6.07) is 14.0. The predicted molar refractivity (Wildman–Crippen MR) is 59.7 cm³/mol. The molecule has 1 atom stereocenters. The number of benzene rings is 2. The van der Waals surface area contributed by atoms with Crippen molar-refractivity contribution in [1.82, 2.24) is 0 Å². The minimum Gasteiger partial charge on any atom is -0.765 e. The second-order valence-corrected chi connectivity index (χ2v) is 5.26. The zero-order valence-corrected chi connectivity index (χ0v) is 12.2. The quantitative estimate of drug-likeness (QED) is 0.444. The van der Waals surface area contributed by atoms with E-state index < -0.39 is 7.60 Å². The van der Waals surface area contributed by atoms with E-state index in [4.69, 9.17) is 4.52 Å². The van der Waals surface area contributed by atoms with Crippen LogP contribution in [0.15, 0.2) is 48.5 Å². The van der Waals surface area contributed by atoms with Crippen LogP contribution in [0.2, 0.25) is 0 Å². The van der Waals surface area contributed by atoms with E-state index in [1.165, 1.54) is 0 Å². The smallest absolute Gasteiger partial charge is 0.765 e. The number of fused-ring (bicyclic) bond motifs is 3. The van der Waals surface area contributed by atoms with Crippen LogP contribution in [0, 0.1) is 0 Å². The third-order valence-corrected chi connectivity index (χ3v) is 4.01. The van der Waals surface area contributed by atoms with Gasteiger partial charge in [-0.25, -0.2) is 0 Å². The van der Waals surface area contributed by atoms with Gasteiger partial charge in [-0.3, -0.25) is 4.57 Å². The Morgan fingerprint density at radius 1 is 0.941 bits per heavy atom. The van der Waals surface area contributed by atoms with Gasteiger partial charge in [0.15, 0.2) is 0 Å². The molecule has 5 heteroatoms. The molecule has 0 aliphatic carbocycles. The molecule has 2 aromatic carbocycles. The maximum absolute atomic E-state index is 11.8. The van der Waals surface area contributed by atoms with E-state index in [9.17, 15) is 9.46 Å². The Balaban J connectivity index is 0.00000108. The molecule has 3 nitrogen and oxygen atoms in total. The van der Waals surface area contributed by atoms with Gasteiger partial charge < -0.3 is 9.42 Å². The van der Waals surface area contributed by atoms with Crippen LogP contribution in [0.4, 0.5) is 0 Å². The number of rotatable bonds is 0. The third-order valence-electron chi connectivity index (χ3n) is 2.59. The molecule has 0 aromatic heterocycles. The second-order valence-electron chi connectivity index (χ2n) is 3.60. The Kier molecular flexibility index (Phi) is 3.48. The van der Waals surface area contributed by atoms with Gasteiger partial charge in [-0.05, 0) is 17.7 Å². The van der Waals surface area contributed by atoms with E-state index in [0.29, 0.717) is 11.3 Å². The van der Waals surface area contributed by atoms with Crippen molar-refractivity contribution in [3.8, 4) is 16.9 Å². The van der Waals surface area contributed by atoms with Gasteiger partial charge in [0.05, 0.1) is 0 Å². The first-order chi connectivity index (χ1) is 7.68. The van der Waals surface area contributed by atoms with E-state index in [0.717, 1.165) is 5.56 Å². The summed E-state index contributed by atoms with van der Waals surface area (Å²) in [4.78, 5) is 11.8. The minimum atomic E-state index is -3.96. The van der Waals surface area contributed by atoms with E-state index in [2.05, 4.69) is 0 Å². The summed E-state index contributed by atoms with van der Waals surface area (Å²) >= 11 is 0. The number of para-hydroxylation sites is 1. The second kappa shape index (κ2) is 4.60. The summed E-state index contributed by atoms with van der Waals surface area (Å²) in [5, 5.41) is 0.258. The molecular weight excluding hydrogens is 246 g/mol. The standard InChI is InChI=1S/C12H9O3P.Na/c13-16(14)12-8-4-2-6-10(12)9-5-1-3-7-11(9)15-16;/h1-8H,(H,13,14);/q;+1/p-1. The molecule has 1 aliphatic heterocycles. The third kappa shape index (κ3) is 2.10. The largest absolute Gasteiger partial charge is 1.00 e. The Morgan fingerprint density at radius 3 is 2.29 bits per heavy atom. The molecule has 17 heavy (non-hydrogen) atoms. The summed E-state index contributed by atoms with van der Waals surface area (Å²) in [5.74, 6) is 0.402. The van der Waals surface area contributed by atoms with Crippen LogP contribution in [0.25, 0.3) is 11.1 Å². The average Bonchev–Trinajstić information content (AvgIpc) is 2.29. The van der Waals surface area contributed by atoms with Crippen LogP contribution in [-0.2, 0) is 4.57 Å².